The molecule has 0 saturated heterocycles. The van der Waals surface area contributed by atoms with Gasteiger partial charge in [-0.3, -0.25) is 4.79 Å². The molecule has 0 unspecified atom stereocenters. The summed E-state index contributed by atoms with van der Waals surface area (Å²) in [6, 6.07) is 17.6. The van der Waals surface area contributed by atoms with Gasteiger partial charge >= 0.3 is 5.97 Å². The topological polar surface area (TPSA) is 105 Å². The lowest BCUT2D eigenvalue weighted by Gasteiger charge is -2.13. The van der Waals surface area contributed by atoms with Gasteiger partial charge in [-0.1, -0.05) is 24.3 Å². The minimum Gasteiger partial charge on any atom is -0.448 e. The van der Waals surface area contributed by atoms with Crippen LogP contribution in [-0.4, -0.2) is 23.0 Å². The van der Waals surface area contributed by atoms with Gasteiger partial charge in [-0.2, -0.15) is 5.26 Å². The summed E-state index contributed by atoms with van der Waals surface area (Å²) in [5.41, 5.74) is 1.60. The first-order chi connectivity index (χ1) is 13.5. The number of ether oxygens (including phenoxy) is 1. The summed E-state index contributed by atoms with van der Waals surface area (Å²) < 4.78 is 10.8. The summed E-state index contributed by atoms with van der Waals surface area (Å²) in [7, 11) is 0. The van der Waals surface area contributed by atoms with E-state index in [1.54, 1.807) is 25.1 Å². The molecule has 2 aromatic carbocycles. The molecule has 1 amide bonds. The van der Waals surface area contributed by atoms with Crippen LogP contribution in [0.25, 0.3) is 11.5 Å². The molecule has 3 rings (SSSR count). The average Bonchev–Trinajstić information content (AvgIpc) is 3.10. The number of oxazole rings is 1. The lowest BCUT2D eigenvalue weighted by atomic mass is 10.2. The van der Waals surface area contributed by atoms with Crippen molar-refractivity contribution in [1.82, 2.24) is 4.98 Å². The highest BCUT2D eigenvalue weighted by atomic mass is 16.5. The molecule has 3 aromatic rings. The van der Waals surface area contributed by atoms with Crippen molar-refractivity contribution in [2.45, 2.75) is 20.0 Å². The van der Waals surface area contributed by atoms with Gasteiger partial charge in [-0.25, -0.2) is 9.78 Å². The Morgan fingerprint density at radius 3 is 2.64 bits per heavy atom. The van der Waals surface area contributed by atoms with Crippen LogP contribution in [-0.2, 0) is 9.53 Å². The van der Waals surface area contributed by atoms with Crippen LogP contribution in [0.1, 0.15) is 28.7 Å². The molecule has 140 valence electrons. The monoisotopic (exact) mass is 375 g/mol. The summed E-state index contributed by atoms with van der Waals surface area (Å²) in [5, 5.41) is 11.5. The number of nitrogens with one attached hydrogen (secondary N) is 1. The van der Waals surface area contributed by atoms with Crippen LogP contribution in [0.4, 0.5) is 5.69 Å². The van der Waals surface area contributed by atoms with E-state index in [9.17, 15) is 9.59 Å². The van der Waals surface area contributed by atoms with Gasteiger partial charge < -0.3 is 14.5 Å². The zero-order valence-corrected chi connectivity index (χ0v) is 15.3. The molecule has 0 bridgehead atoms. The number of nitriles is 1. The molecule has 0 aliphatic carbocycles. The summed E-state index contributed by atoms with van der Waals surface area (Å²) in [6.07, 6.45) is -1.06. The van der Waals surface area contributed by atoms with Crippen molar-refractivity contribution in [1.29, 1.82) is 5.26 Å². The molecular weight excluding hydrogens is 358 g/mol. The molecule has 0 spiro atoms. The number of aryl methyl sites for hydroxylation is 1. The van der Waals surface area contributed by atoms with E-state index in [0.717, 1.165) is 5.56 Å². The first-order valence-corrected chi connectivity index (χ1v) is 8.53. The number of amides is 1. The highest BCUT2D eigenvalue weighted by molar-refractivity contribution is 5.97. The van der Waals surface area contributed by atoms with E-state index >= 15 is 0 Å². The van der Waals surface area contributed by atoms with Gasteiger partial charge in [0.15, 0.2) is 11.8 Å². The van der Waals surface area contributed by atoms with Gasteiger partial charge in [-0.05, 0) is 44.2 Å². The third kappa shape index (κ3) is 4.24. The number of benzene rings is 2. The lowest BCUT2D eigenvalue weighted by Crippen LogP contribution is -2.30. The maximum absolute atomic E-state index is 12.4. The van der Waals surface area contributed by atoms with Gasteiger partial charge in [0.25, 0.3) is 5.91 Å². The molecule has 7 nitrogen and oxygen atoms in total. The quantitative estimate of drug-likeness (QED) is 0.682. The van der Waals surface area contributed by atoms with Crippen LogP contribution in [0.2, 0.25) is 0 Å². The Bertz CT molecular complexity index is 1050. The molecule has 0 fully saturated rings. The van der Waals surface area contributed by atoms with Crippen LogP contribution in [0.3, 0.4) is 0 Å². The third-order valence-corrected chi connectivity index (χ3v) is 3.92. The Morgan fingerprint density at radius 1 is 1.18 bits per heavy atom. The number of carbonyl (C=O) groups is 2. The number of hydrogen-bond donors (Lipinski definition) is 1. The van der Waals surface area contributed by atoms with E-state index < -0.39 is 18.0 Å². The van der Waals surface area contributed by atoms with E-state index in [0.29, 0.717) is 22.9 Å². The Labute approximate surface area is 161 Å². The number of carbonyl (C=O) groups excluding carboxylic acids is 2. The standard InChI is InChI=1S/C21H17N3O4/c1-13-18(24-20(27-13)16-8-4-3-5-9-16)21(26)28-14(2)19(25)23-17-10-6-7-15(11-17)12-22/h3-11,14H,1-2H3,(H,23,25)/t14-/m0/s1. The van der Waals surface area contributed by atoms with Gasteiger partial charge in [0.05, 0.1) is 11.6 Å². The smallest absolute Gasteiger partial charge is 0.361 e. The molecule has 1 heterocycles. The Balaban J connectivity index is 1.68. The molecule has 0 saturated carbocycles. The van der Waals surface area contributed by atoms with Crippen LogP contribution < -0.4 is 5.32 Å². The van der Waals surface area contributed by atoms with E-state index in [-0.39, 0.29) is 5.69 Å². The first kappa shape index (κ1) is 18.9. The normalized spacial score (nSPS) is 11.3. The van der Waals surface area contributed by atoms with Crippen molar-refractivity contribution >= 4 is 17.6 Å². The predicted octanol–water partition coefficient (Wildman–Crippen LogP) is 3.71. The van der Waals surface area contributed by atoms with Crippen molar-refractivity contribution in [3.63, 3.8) is 0 Å². The fraction of sp³-hybridized carbons (Fsp3) is 0.143. The lowest BCUT2D eigenvalue weighted by molar-refractivity contribution is -0.123. The summed E-state index contributed by atoms with van der Waals surface area (Å²) in [4.78, 5) is 28.9. The fourth-order valence-corrected chi connectivity index (χ4v) is 2.47. The van der Waals surface area contributed by atoms with Crippen molar-refractivity contribution in [2.24, 2.45) is 0 Å². The van der Waals surface area contributed by atoms with Crippen molar-refractivity contribution in [3.8, 4) is 17.5 Å². The van der Waals surface area contributed by atoms with E-state index in [1.165, 1.54) is 13.0 Å². The highest BCUT2D eigenvalue weighted by Crippen LogP contribution is 2.22. The van der Waals surface area contributed by atoms with E-state index in [2.05, 4.69) is 10.3 Å². The minimum absolute atomic E-state index is 0.0185. The second kappa shape index (κ2) is 8.18. The zero-order valence-electron chi connectivity index (χ0n) is 15.3. The average molecular weight is 375 g/mol. The molecule has 28 heavy (non-hydrogen) atoms. The van der Waals surface area contributed by atoms with Crippen LogP contribution in [0.5, 0.6) is 0 Å². The van der Waals surface area contributed by atoms with Gasteiger partial charge in [-0.15, -0.1) is 0 Å². The predicted molar refractivity (Wildman–Crippen MR) is 101 cm³/mol. The maximum atomic E-state index is 12.4. The van der Waals surface area contributed by atoms with Crippen LogP contribution >= 0.6 is 0 Å². The largest absolute Gasteiger partial charge is 0.448 e. The van der Waals surface area contributed by atoms with Crippen molar-refractivity contribution in [3.05, 3.63) is 71.6 Å². The molecule has 0 aliphatic heterocycles. The van der Waals surface area contributed by atoms with Crippen LogP contribution in [0.15, 0.2) is 59.0 Å². The number of aromatic nitrogens is 1. The SMILES string of the molecule is Cc1oc(-c2ccccc2)nc1C(=O)O[C@@H](C)C(=O)Nc1cccc(C#N)c1. The second-order valence-corrected chi connectivity index (χ2v) is 6.02. The number of esters is 1. The zero-order chi connectivity index (χ0) is 20.1. The third-order valence-electron chi connectivity index (χ3n) is 3.92. The van der Waals surface area contributed by atoms with Gasteiger partial charge in [0.1, 0.15) is 5.76 Å². The molecule has 0 radical (unpaired) electrons. The Morgan fingerprint density at radius 2 is 1.93 bits per heavy atom. The number of hydrogen-bond acceptors (Lipinski definition) is 6. The molecular formula is C21H17N3O4. The van der Waals surface area contributed by atoms with Crippen molar-refractivity contribution in [2.75, 3.05) is 5.32 Å². The number of anilines is 1. The second-order valence-electron chi connectivity index (χ2n) is 6.02. The summed E-state index contributed by atoms with van der Waals surface area (Å²) >= 11 is 0. The molecule has 1 atom stereocenters. The Kier molecular flexibility index (Phi) is 5.51. The van der Waals surface area contributed by atoms with Gasteiger partial charge in [0.2, 0.25) is 5.89 Å². The van der Waals surface area contributed by atoms with Crippen molar-refractivity contribution < 1.29 is 18.7 Å². The first-order valence-electron chi connectivity index (χ1n) is 8.53. The Hall–Kier alpha value is -3.92. The summed E-state index contributed by atoms with van der Waals surface area (Å²) in [6.45, 7) is 3.06. The van der Waals surface area contributed by atoms with E-state index in [4.69, 9.17) is 14.4 Å². The maximum Gasteiger partial charge on any atom is 0.361 e. The molecule has 1 N–H and O–H groups in total. The highest BCUT2D eigenvalue weighted by Gasteiger charge is 2.24. The van der Waals surface area contributed by atoms with E-state index in [1.807, 2.05) is 36.4 Å². The van der Waals surface area contributed by atoms with Gasteiger partial charge in [0, 0.05) is 11.3 Å². The fourth-order valence-electron chi connectivity index (χ4n) is 2.47. The molecule has 1 aromatic heterocycles. The number of rotatable bonds is 5. The molecule has 7 heteroatoms. The summed E-state index contributed by atoms with van der Waals surface area (Å²) in [5.74, 6) is -0.668. The number of nitrogens with zero attached hydrogens (tertiary/aromatic N) is 2. The molecule has 0 aliphatic rings. The minimum atomic E-state index is -1.06. The van der Waals surface area contributed by atoms with Crippen LogP contribution in [0, 0.1) is 18.3 Å².